The first kappa shape index (κ1) is 24.8. The number of allylic oxidation sites excluding steroid dienone is 1. The maximum Gasteiger partial charge on any atom is 0.425 e. The fraction of sp³-hybridized carbons (Fsp3) is 0.792. The number of carbonyl (C=O) groups is 3. The van der Waals surface area contributed by atoms with E-state index in [4.69, 9.17) is 0 Å². The molecule has 0 bridgehead atoms. The Balaban J connectivity index is 1.97. The molecule has 3 rings (SSSR count). The Hall–Kier alpha value is -1.86. The van der Waals surface area contributed by atoms with Crippen LogP contribution in [0, 0.1) is 17.3 Å². The lowest BCUT2D eigenvalue weighted by molar-refractivity contribution is -0.194. The molecule has 0 aromatic heterocycles. The minimum Gasteiger partial charge on any atom is -0.330 e. The summed E-state index contributed by atoms with van der Waals surface area (Å²) in [5, 5.41) is 2.05. The number of amides is 2. The Bertz CT molecular complexity index is 810. The summed E-state index contributed by atoms with van der Waals surface area (Å²) in [6.45, 7) is 7.29. The van der Waals surface area contributed by atoms with Gasteiger partial charge in [-0.1, -0.05) is 59.8 Å². The Labute approximate surface area is 188 Å². The van der Waals surface area contributed by atoms with E-state index in [1.165, 1.54) is 0 Å². The molecule has 180 valence electrons. The summed E-state index contributed by atoms with van der Waals surface area (Å²) in [4.78, 5) is 40.3. The van der Waals surface area contributed by atoms with Gasteiger partial charge in [0.05, 0.1) is 5.57 Å². The molecular formula is C24H35F3N2O3. The van der Waals surface area contributed by atoms with Gasteiger partial charge in [-0.05, 0) is 30.1 Å². The predicted molar refractivity (Wildman–Crippen MR) is 114 cm³/mol. The minimum absolute atomic E-state index is 0.0663. The van der Waals surface area contributed by atoms with Crippen molar-refractivity contribution in [1.82, 2.24) is 10.2 Å². The highest BCUT2D eigenvalue weighted by Gasteiger charge is 2.71. The highest BCUT2D eigenvalue weighted by molar-refractivity contribution is 6.13. The molecule has 1 atom stereocenters. The highest BCUT2D eigenvalue weighted by atomic mass is 19.4. The lowest BCUT2D eigenvalue weighted by Crippen LogP contribution is -2.66. The van der Waals surface area contributed by atoms with E-state index in [1.807, 2.05) is 19.2 Å². The second-order valence-corrected chi connectivity index (χ2v) is 10.9. The van der Waals surface area contributed by atoms with Crippen LogP contribution >= 0.6 is 0 Å². The molecule has 1 fully saturated rings. The van der Waals surface area contributed by atoms with Gasteiger partial charge in [0.1, 0.15) is 0 Å². The van der Waals surface area contributed by atoms with Crippen LogP contribution in [-0.2, 0) is 14.4 Å². The zero-order valence-electron chi connectivity index (χ0n) is 19.5. The lowest BCUT2D eigenvalue weighted by Gasteiger charge is -2.35. The van der Waals surface area contributed by atoms with Crippen molar-refractivity contribution in [2.75, 3.05) is 6.54 Å². The van der Waals surface area contributed by atoms with Gasteiger partial charge in [0.15, 0.2) is 5.78 Å². The standard InChI is InChI=1S/C24H35F3N2O3/c1-15(2)14-29-17-12-22(3,4)13-18(30)20(17)23(21(29)32,24(25,26)27)28-19(31)11-10-16-8-6-5-7-9-16/h15-16H,5-14H2,1-4H3,(H,28,31). The first-order valence-corrected chi connectivity index (χ1v) is 11.7. The number of halogens is 3. The van der Waals surface area contributed by atoms with Crippen LogP contribution in [0.4, 0.5) is 13.2 Å². The van der Waals surface area contributed by atoms with Crippen LogP contribution in [0.1, 0.15) is 85.5 Å². The minimum atomic E-state index is -5.12. The second kappa shape index (κ2) is 8.82. The molecule has 3 aliphatic rings. The lowest BCUT2D eigenvalue weighted by atomic mass is 9.72. The molecule has 1 unspecified atom stereocenters. The van der Waals surface area contributed by atoms with Crippen LogP contribution in [0.25, 0.3) is 0 Å². The molecule has 32 heavy (non-hydrogen) atoms. The van der Waals surface area contributed by atoms with Crippen LogP contribution in [0.3, 0.4) is 0 Å². The average Bonchev–Trinajstić information content (AvgIpc) is 2.89. The van der Waals surface area contributed by atoms with E-state index in [1.54, 1.807) is 13.8 Å². The quantitative estimate of drug-likeness (QED) is 0.618. The normalized spacial score (nSPS) is 26.7. The molecule has 0 aromatic carbocycles. The third-order valence-electron chi connectivity index (χ3n) is 6.92. The van der Waals surface area contributed by atoms with Gasteiger partial charge in [0.25, 0.3) is 5.91 Å². The summed E-state index contributed by atoms with van der Waals surface area (Å²) in [6.07, 6.45) is 0.627. The molecule has 2 amide bonds. The van der Waals surface area contributed by atoms with Crippen LogP contribution in [0.15, 0.2) is 11.3 Å². The number of alkyl halides is 3. The molecule has 0 aromatic rings. The van der Waals surface area contributed by atoms with Crippen molar-refractivity contribution in [3.8, 4) is 0 Å². The second-order valence-electron chi connectivity index (χ2n) is 10.9. The van der Waals surface area contributed by atoms with Crippen LogP contribution in [0.5, 0.6) is 0 Å². The summed E-state index contributed by atoms with van der Waals surface area (Å²) in [6, 6.07) is 0. The van der Waals surface area contributed by atoms with E-state index in [2.05, 4.69) is 0 Å². The number of carbonyl (C=O) groups excluding carboxylic acids is 3. The maximum absolute atomic E-state index is 14.6. The van der Waals surface area contributed by atoms with Crippen molar-refractivity contribution in [3.63, 3.8) is 0 Å². The molecule has 5 nitrogen and oxygen atoms in total. The van der Waals surface area contributed by atoms with Gasteiger partial charge < -0.3 is 10.2 Å². The van der Waals surface area contributed by atoms with E-state index in [-0.39, 0.29) is 37.4 Å². The molecule has 8 heteroatoms. The predicted octanol–water partition coefficient (Wildman–Crippen LogP) is 4.91. The molecule has 1 saturated carbocycles. The number of nitrogens with zero attached hydrogens (tertiary/aromatic N) is 1. The molecule has 1 N–H and O–H groups in total. The number of Topliss-reactive ketones (excluding diaryl/α,β-unsaturated/α-hetero) is 1. The Morgan fingerprint density at radius 2 is 1.75 bits per heavy atom. The van der Waals surface area contributed by atoms with Gasteiger partial charge in [-0.15, -0.1) is 0 Å². The Morgan fingerprint density at radius 3 is 2.31 bits per heavy atom. The number of hydrogen-bond acceptors (Lipinski definition) is 3. The summed E-state index contributed by atoms with van der Waals surface area (Å²) in [5.74, 6) is -2.56. The fourth-order valence-electron chi connectivity index (χ4n) is 5.47. The van der Waals surface area contributed by atoms with Gasteiger partial charge in [-0.2, -0.15) is 13.2 Å². The van der Waals surface area contributed by atoms with E-state index < -0.39 is 40.3 Å². The van der Waals surface area contributed by atoms with Gasteiger partial charge >= 0.3 is 6.18 Å². The van der Waals surface area contributed by atoms with Gasteiger partial charge in [-0.3, -0.25) is 14.4 Å². The average molecular weight is 457 g/mol. The summed E-state index contributed by atoms with van der Waals surface area (Å²) in [5.41, 5.74) is -4.29. The van der Waals surface area contributed by atoms with Gasteiger partial charge in [0.2, 0.25) is 11.4 Å². The van der Waals surface area contributed by atoms with Crippen molar-refractivity contribution in [2.24, 2.45) is 17.3 Å². The number of nitrogens with one attached hydrogen (secondary N) is 1. The topological polar surface area (TPSA) is 66.5 Å². The third kappa shape index (κ3) is 4.60. The Kier molecular flexibility index (Phi) is 6.83. The number of rotatable bonds is 6. The fourth-order valence-corrected chi connectivity index (χ4v) is 5.47. The molecule has 1 heterocycles. The molecule has 0 radical (unpaired) electrons. The molecule has 1 aliphatic heterocycles. The zero-order valence-corrected chi connectivity index (χ0v) is 19.5. The monoisotopic (exact) mass is 456 g/mol. The van der Waals surface area contributed by atoms with E-state index >= 15 is 0 Å². The Morgan fingerprint density at radius 1 is 1.12 bits per heavy atom. The van der Waals surface area contributed by atoms with Gasteiger partial charge in [-0.25, -0.2) is 0 Å². The number of ketones is 1. The number of hydrogen-bond donors (Lipinski definition) is 1. The maximum atomic E-state index is 14.6. The SMILES string of the molecule is CC(C)CN1C(=O)C(NC(=O)CCC2CCCCC2)(C(F)(F)F)C2=C1CC(C)(C)CC2=O. The van der Waals surface area contributed by atoms with Crippen molar-refractivity contribution >= 4 is 17.6 Å². The smallest absolute Gasteiger partial charge is 0.330 e. The van der Waals surface area contributed by atoms with E-state index in [0.29, 0.717) is 12.3 Å². The first-order valence-electron chi connectivity index (χ1n) is 11.7. The van der Waals surface area contributed by atoms with Crippen LogP contribution in [0.2, 0.25) is 0 Å². The highest BCUT2D eigenvalue weighted by Crippen LogP contribution is 2.51. The van der Waals surface area contributed by atoms with E-state index in [9.17, 15) is 27.6 Å². The largest absolute Gasteiger partial charge is 0.425 e. The molecule has 0 saturated heterocycles. The van der Waals surface area contributed by atoms with Crippen molar-refractivity contribution in [1.29, 1.82) is 0 Å². The molecule has 0 spiro atoms. The van der Waals surface area contributed by atoms with Gasteiger partial charge in [0, 0.05) is 25.1 Å². The third-order valence-corrected chi connectivity index (χ3v) is 6.92. The molecular weight excluding hydrogens is 421 g/mol. The van der Waals surface area contributed by atoms with Crippen molar-refractivity contribution < 1.29 is 27.6 Å². The van der Waals surface area contributed by atoms with Crippen molar-refractivity contribution in [2.45, 2.75) is 97.2 Å². The van der Waals surface area contributed by atoms with E-state index in [0.717, 1.165) is 37.0 Å². The summed E-state index contributed by atoms with van der Waals surface area (Å²) >= 11 is 0. The summed E-state index contributed by atoms with van der Waals surface area (Å²) < 4.78 is 43.9. The van der Waals surface area contributed by atoms with Crippen LogP contribution in [-0.4, -0.2) is 40.8 Å². The van der Waals surface area contributed by atoms with Crippen LogP contribution < -0.4 is 5.32 Å². The first-order chi connectivity index (χ1) is 14.8. The summed E-state index contributed by atoms with van der Waals surface area (Å²) in [7, 11) is 0. The zero-order chi connectivity index (χ0) is 23.9. The van der Waals surface area contributed by atoms with Crippen molar-refractivity contribution in [3.05, 3.63) is 11.3 Å². The molecule has 2 aliphatic carbocycles.